The molecule has 12 nitrogen and oxygen atoms in total. The minimum atomic E-state index is -0.835. The van der Waals surface area contributed by atoms with Crippen molar-refractivity contribution in [1.82, 2.24) is 29.7 Å². The maximum Gasteiger partial charge on any atom is 0.274 e. The number of nitrogens with zero attached hydrogens (tertiary/aromatic N) is 5. The molecule has 0 spiro atoms. The summed E-state index contributed by atoms with van der Waals surface area (Å²) in [6, 6.07) is 0.210. The number of rotatable bonds is 7. The third-order valence-electron chi connectivity index (χ3n) is 7.88. The van der Waals surface area contributed by atoms with Crippen molar-refractivity contribution in [1.29, 1.82) is 0 Å². The molecule has 6 rings (SSSR count). The number of hydrogen-bond donors (Lipinski definition) is 3. The zero-order valence-corrected chi connectivity index (χ0v) is 22.1. The summed E-state index contributed by atoms with van der Waals surface area (Å²) in [5.74, 6) is -1.42. The van der Waals surface area contributed by atoms with Gasteiger partial charge in [0.05, 0.1) is 17.5 Å². The van der Waals surface area contributed by atoms with Gasteiger partial charge in [-0.05, 0) is 45.4 Å². The average Bonchev–Trinajstić information content (AvgIpc) is 3.85. The van der Waals surface area contributed by atoms with E-state index in [1.54, 1.807) is 17.3 Å². The molecule has 2 aliphatic carbocycles. The first-order valence-electron chi connectivity index (χ1n) is 13.4. The molecule has 0 radical (unpaired) electrons. The average molecular weight is 534 g/mol. The Balaban J connectivity index is 1.29. The topological polar surface area (TPSA) is 154 Å². The minimum absolute atomic E-state index is 0.0510. The van der Waals surface area contributed by atoms with Gasteiger partial charge in [-0.1, -0.05) is 0 Å². The summed E-state index contributed by atoms with van der Waals surface area (Å²) >= 11 is 0. The van der Waals surface area contributed by atoms with E-state index in [2.05, 4.69) is 20.3 Å². The number of anilines is 1. The quantitative estimate of drug-likeness (QED) is 0.418. The van der Waals surface area contributed by atoms with Crippen molar-refractivity contribution in [2.75, 3.05) is 18.5 Å². The molecular weight excluding hydrogens is 502 g/mol. The molecule has 3 amide bonds. The molecule has 0 unspecified atom stereocenters. The Morgan fingerprint density at radius 3 is 2.59 bits per heavy atom. The molecule has 2 saturated carbocycles. The van der Waals surface area contributed by atoms with Gasteiger partial charge in [-0.2, -0.15) is 0 Å². The normalized spacial score (nSPS) is 17.8. The highest BCUT2D eigenvalue weighted by Crippen LogP contribution is 2.39. The Bertz CT molecular complexity index is 1570. The van der Waals surface area contributed by atoms with Crippen LogP contribution in [0.3, 0.4) is 0 Å². The zero-order valence-electron chi connectivity index (χ0n) is 22.1. The summed E-state index contributed by atoms with van der Waals surface area (Å²) in [4.78, 5) is 67.9. The standard InChI is InChI=1S/C27H31N7O5/c1-13(2)33-8-9-34-19(10-18(35)23(36)22(34)27(33)39)32(3)26(38)20(15-6-7-15)31-25(37)16-11-28-24-21(16)30-17(12-29-24)14-4-5-14/h10-15,20,36H,4-9H2,1-3H3,(H,28,29)(H,31,37)/t20-/m1/s1. The van der Waals surface area contributed by atoms with E-state index in [-0.39, 0.29) is 23.5 Å². The van der Waals surface area contributed by atoms with Gasteiger partial charge in [-0.25, -0.2) is 9.97 Å². The van der Waals surface area contributed by atoms with Gasteiger partial charge in [0, 0.05) is 44.4 Å². The van der Waals surface area contributed by atoms with Crippen molar-refractivity contribution >= 4 is 34.7 Å². The van der Waals surface area contributed by atoms with Crippen LogP contribution in [-0.4, -0.2) is 72.9 Å². The largest absolute Gasteiger partial charge is 0.503 e. The summed E-state index contributed by atoms with van der Waals surface area (Å²) < 4.78 is 1.51. The third-order valence-corrected chi connectivity index (χ3v) is 7.88. The second kappa shape index (κ2) is 9.21. The fraction of sp³-hybridized carbons (Fsp3) is 0.481. The van der Waals surface area contributed by atoms with Crippen molar-refractivity contribution in [2.45, 2.75) is 64.1 Å². The highest BCUT2D eigenvalue weighted by Gasteiger charge is 2.41. The van der Waals surface area contributed by atoms with E-state index in [0.29, 0.717) is 35.7 Å². The lowest BCUT2D eigenvalue weighted by Crippen LogP contribution is -2.51. The number of pyridine rings is 1. The van der Waals surface area contributed by atoms with E-state index in [4.69, 9.17) is 0 Å². The highest BCUT2D eigenvalue weighted by molar-refractivity contribution is 6.07. The van der Waals surface area contributed by atoms with Crippen LogP contribution >= 0.6 is 0 Å². The summed E-state index contributed by atoms with van der Waals surface area (Å²) in [7, 11) is 1.52. The molecule has 2 fully saturated rings. The summed E-state index contributed by atoms with van der Waals surface area (Å²) in [5, 5.41) is 13.4. The first kappa shape index (κ1) is 25.1. The molecule has 0 bridgehead atoms. The Kier molecular flexibility index (Phi) is 5.92. The highest BCUT2D eigenvalue weighted by atomic mass is 16.3. The predicted octanol–water partition coefficient (Wildman–Crippen LogP) is 1.74. The second-order valence-corrected chi connectivity index (χ2v) is 11.0. The second-order valence-electron chi connectivity index (χ2n) is 11.0. The van der Waals surface area contributed by atoms with Crippen LogP contribution in [0.2, 0.25) is 0 Å². The number of H-pyrrole nitrogens is 1. The first-order valence-corrected chi connectivity index (χ1v) is 13.4. The number of aromatic hydroxyl groups is 1. The number of amides is 3. The van der Waals surface area contributed by atoms with Gasteiger partial charge in [-0.3, -0.25) is 24.1 Å². The molecule has 3 aliphatic rings. The van der Waals surface area contributed by atoms with E-state index < -0.39 is 34.9 Å². The number of fused-ring (bicyclic) bond motifs is 2. The molecular formula is C27H31N7O5. The molecule has 1 atom stereocenters. The van der Waals surface area contributed by atoms with Crippen LogP contribution < -0.4 is 15.6 Å². The Morgan fingerprint density at radius 2 is 1.92 bits per heavy atom. The summed E-state index contributed by atoms with van der Waals surface area (Å²) in [5.41, 5.74) is 1.28. The van der Waals surface area contributed by atoms with Crippen LogP contribution in [0.15, 0.2) is 23.3 Å². The van der Waals surface area contributed by atoms with Crippen LogP contribution in [0.25, 0.3) is 11.2 Å². The van der Waals surface area contributed by atoms with E-state index >= 15 is 0 Å². The Hall–Kier alpha value is -4.22. The van der Waals surface area contributed by atoms with Crippen LogP contribution in [0.4, 0.5) is 5.82 Å². The Morgan fingerprint density at radius 1 is 1.18 bits per heavy atom. The summed E-state index contributed by atoms with van der Waals surface area (Å²) in [6.45, 7) is 4.39. The number of hydrogen-bond acceptors (Lipinski definition) is 7. The number of aromatic amines is 1. The van der Waals surface area contributed by atoms with Gasteiger partial charge in [0.15, 0.2) is 17.1 Å². The molecule has 0 saturated heterocycles. The summed E-state index contributed by atoms with van der Waals surface area (Å²) in [6.07, 6.45) is 6.95. The van der Waals surface area contributed by atoms with E-state index in [1.807, 2.05) is 13.8 Å². The molecule has 0 aromatic carbocycles. The minimum Gasteiger partial charge on any atom is -0.503 e. The molecule has 3 aromatic rings. The maximum atomic E-state index is 13.8. The van der Waals surface area contributed by atoms with Crippen LogP contribution in [0, 0.1) is 5.92 Å². The number of carbonyl (C=O) groups excluding carboxylic acids is 3. The molecule has 3 aromatic heterocycles. The lowest BCUT2D eigenvalue weighted by atomic mass is 10.1. The van der Waals surface area contributed by atoms with Crippen molar-refractivity contribution in [2.24, 2.45) is 5.92 Å². The van der Waals surface area contributed by atoms with Crippen molar-refractivity contribution in [3.63, 3.8) is 0 Å². The first-order chi connectivity index (χ1) is 18.7. The van der Waals surface area contributed by atoms with Crippen LogP contribution in [-0.2, 0) is 11.3 Å². The van der Waals surface area contributed by atoms with Crippen molar-refractivity contribution < 1.29 is 19.5 Å². The smallest absolute Gasteiger partial charge is 0.274 e. The SMILES string of the molecule is CC(C)N1CCn2c(N(C)C(=O)[C@H](NC(=O)c3c[nH]c4ncc(C5CC5)nc34)C3CC3)cc(=O)c(O)c2C1=O. The number of likely N-dealkylation sites (N-methyl/N-ethyl adjacent to an activating group) is 1. The Labute approximate surface area is 224 Å². The van der Waals surface area contributed by atoms with Gasteiger partial charge in [0.25, 0.3) is 17.7 Å². The van der Waals surface area contributed by atoms with Gasteiger partial charge in [0.2, 0.25) is 5.43 Å². The third kappa shape index (κ3) is 4.33. The molecule has 4 heterocycles. The molecule has 3 N–H and O–H groups in total. The number of carbonyl (C=O) groups is 3. The van der Waals surface area contributed by atoms with Gasteiger partial charge in [0.1, 0.15) is 17.4 Å². The molecule has 12 heteroatoms. The van der Waals surface area contributed by atoms with E-state index in [9.17, 15) is 24.3 Å². The van der Waals surface area contributed by atoms with E-state index in [0.717, 1.165) is 37.4 Å². The maximum absolute atomic E-state index is 13.8. The fourth-order valence-electron chi connectivity index (χ4n) is 5.29. The predicted molar refractivity (Wildman–Crippen MR) is 142 cm³/mol. The van der Waals surface area contributed by atoms with Gasteiger partial charge < -0.3 is 24.9 Å². The molecule has 1 aliphatic heterocycles. The van der Waals surface area contributed by atoms with Gasteiger partial charge in [-0.15, -0.1) is 0 Å². The lowest BCUT2D eigenvalue weighted by Gasteiger charge is -2.36. The molecule has 39 heavy (non-hydrogen) atoms. The number of nitrogens with one attached hydrogen (secondary N) is 2. The van der Waals surface area contributed by atoms with Gasteiger partial charge >= 0.3 is 0 Å². The monoisotopic (exact) mass is 533 g/mol. The van der Waals surface area contributed by atoms with Crippen molar-refractivity contribution in [3.8, 4) is 5.75 Å². The zero-order chi connectivity index (χ0) is 27.6. The lowest BCUT2D eigenvalue weighted by molar-refractivity contribution is -0.120. The van der Waals surface area contributed by atoms with Crippen LogP contribution in [0.5, 0.6) is 5.75 Å². The van der Waals surface area contributed by atoms with Crippen LogP contribution in [0.1, 0.15) is 72.0 Å². The van der Waals surface area contributed by atoms with E-state index in [1.165, 1.54) is 16.5 Å². The molecule has 204 valence electrons. The number of aromatic nitrogens is 4. The van der Waals surface area contributed by atoms with Crippen molar-refractivity contribution in [3.05, 3.63) is 45.6 Å². The fourth-order valence-corrected chi connectivity index (χ4v) is 5.29.